The van der Waals surface area contributed by atoms with E-state index in [0.29, 0.717) is 10.8 Å². The fourth-order valence-electron chi connectivity index (χ4n) is 2.40. The number of hydrogen-bond acceptors (Lipinski definition) is 1. The minimum absolute atomic E-state index is 0.436. The first kappa shape index (κ1) is 10.0. The Hall–Kier alpha value is -0.0400. The monoisotopic (exact) mass is 170 g/mol. The van der Waals surface area contributed by atoms with Crippen LogP contribution in [0.3, 0.4) is 0 Å². The molecule has 0 atom stereocenters. The standard InChI is InChI=1S/C11H22O/c1-5-11(10(2,3)4)6-8-12-9-7-11/h5-9H2,1-4H3. The molecule has 1 rings (SSSR count). The van der Waals surface area contributed by atoms with Gasteiger partial charge in [-0.05, 0) is 30.1 Å². The Labute approximate surface area is 76.5 Å². The number of ether oxygens (including phenoxy) is 1. The van der Waals surface area contributed by atoms with Crippen LogP contribution in [0.25, 0.3) is 0 Å². The summed E-state index contributed by atoms with van der Waals surface area (Å²) in [6, 6.07) is 0. The van der Waals surface area contributed by atoms with Crippen LogP contribution >= 0.6 is 0 Å². The lowest BCUT2D eigenvalue weighted by Gasteiger charge is -2.47. The van der Waals surface area contributed by atoms with E-state index >= 15 is 0 Å². The summed E-state index contributed by atoms with van der Waals surface area (Å²) in [6.45, 7) is 11.3. The van der Waals surface area contributed by atoms with Crippen molar-refractivity contribution in [3.8, 4) is 0 Å². The topological polar surface area (TPSA) is 9.23 Å². The molecule has 1 saturated heterocycles. The fraction of sp³-hybridized carbons (Fsp3) is 1.00. The van der Waals surface area contributed by atoms with Crippen LogP contribution in [0.5, 0.6) is 0 Å². The lowest BCUT2D eigenvalue weighted by Crippen LogP contribution is -2.40. The van der Waals surface area contributed by atoms with Crippen molar-refractivity contribution in [2.24, 2.45) is 10.8 Å². The molecule has 0 unspecified atom stereocenters. The molecule has 0 bridgehead atoms. The zero-order valence-electron chi connectivity index (χ0n) is 8.94. The average molecular weight is 170 g/mol. The highest BCUT2D eigenvalue weighted by Crippen LogP contribution is 2.48. The van der Waals surface area contributed by atoms with Crippen LogP contribution in [0.1, 0.15) is 47.0 Å². The first-order chi connectivity index (χ1) is 5.52. The summed E-state index contributed by atoms with van der Waals surface area (Å²) in [4.78, 5) is 0. The van der Waals surface area contributed by atoms with Gasteiger partial charge in [0.05, 0.1) is 0 Å². The van der Waals surface area contributed by atoms with Gasteiger partial charge in [-0.2, -0.15) is 0 Å². The Balaban J connectivity index is 2.73. The normalized spacial score (nSPS) is 24.0. The van der Waals surface area contributed by atoms with Gasteiger partial charge < -0.3 is 4.74 Å². The van der Waals surface area contributed by atoms with Crippen LogP contribution in [0.4, 0.5) is 0 Å². The molecule has 0 aromatic carbocycles. The maximum atomic E-state index is 5.42. The first-order valence-corrected chi connectivity index (χ1v) is 5.10. The lowest BCUT2D eigenvalue weighted by molar-refractivity contribution is -0.0488. The summed E-state index contributed by atoms with van der Waals surface area (Å²) >= 11 is 0. The van der Waals surface area contributed by atoms with Crippen LogP contribution in [-0.2, 0) is 4.74 Å². The molecule has 0 amide bonds. The molecule has 0 aromatic heterocycles. The molecule has 1 heteroatoms. The smallest absolute Gasteiger partial charge is 0.0471 e. The van der Waals surface area contributed by atoms with Crippen molar-refractivity contribution in [2.75, 3.05) is 13.2 Å². The van der Waals surface area contributed by atoms with Gasteiger partial charge in [-0.25, -0.2) is 0 Å². The Bertz CT molecular complexity index is 138. The van der Waals surface area contributed by atoms with Gasteiger partial charge in [-0.3, -0.25) is 0 Å². The predicted molar refractivity (Wildman–Crippen MR) is 52.2 cm³/mol. The van der Waals surface area contributed by atoms with Crippen LogP contribution in [0.2, 0.25) is 0 Å². The third-order valence-electron chi connectivity index (χ3n) is 3.72. The summed E-state index contributed by atoms with van der Waals surface area (Å²) in [6.07, 6.45) is 3.78. The molecule has 12 heavy (non-hydrogen) atoms. The van der Waals surface area contributed by atoms with Crippen LogP contribution in [0, 0.1) is 10.8 Å². The van der Waals surface area contributed by atoms with E-state index in [0.717, 1.165) is 13.2 Å². The largest absolute Gasteiger partial charge is 0.381 e. The van der Waals surface area contributed by atoms with E-state index in [-0.39, 0.29) is 0 Å². The highest BCUT2D eigenvalue weighted by atomic mass is 16.5. The van der Waals surface area contributed by atoms with E-state index in [2.05, 4.69) is 27.7 Å². The van der Waals surface area contributed by atoms with E-state index in [1.807, 2.05) is 0 Å². The zero-order valence-corrected chi connectivity index (χ0v) is 8.94. The van der Waals surface area contributed by atoms with Crippen molar-refractivity contribution in [1.82, 2.24) is 0 Å². The van der Waals surface area contributed by atoms with Crippen molar-refractivity contribution < 1.29 is 4.74 Å². The average Bonchev–Trinajstić information content (AvgIpc) is 2.04. The second kappa shape index (κ2) is 3.37. The summed E-state index contributed by atoms with van der Waals surface area (Å²) in [5.41, 5.74) is 0.969. The van der Waals surface area contributed by atoms with Crippen LogP contribution in [-0.4, -0.2) is 13.2 Å². The van der Waals surface area contributed by atoms with Crippen molar-refractivity contribution >= 4 is 0 Å². The van der Waals surface area contributed by atoms with Gasteiger partial charge in [0.2, 0.25) is 0 Å². The van der Waals surface area contributed by atoms with Crippen molar-refractivity contribution in [3.05, 3.63) is 0 Å². The Morgan fingerprint density at radius 3 is 1.92 bits per heavy atom. The molecule has 1 nitrogen and oxygen atoms in total. The SMILES string of the molecule is CCC1(C(C)(C)C)CCOCC1. The molecule has 1 heterocycles. The Morgan fingerprint density at radius 1 is 1.17 bits per heavy atom. The minimum Gasteiger partial charge on any atom is -0.381 e. The molecule has 1 aliphatic heterocycles. The van der Waals surface area contributed by atoms with Crippen molar-refractivity contribution in [1.29, 1.82) is 0 Å². The summed E-state index contributed by atoms with van der Waals surface area (Å²) in [7, 11) is 0. The van der Waals surface area contributed by atoms with E-state index in [4.69, 9.17) is 4.74 Å². The lowest BCUT2D eigenvalue weighted by atomic mass is 9.61. The second-order valence-electron chi connectivity index (χ2n) is 5.00. The molecule has 0 N–H and O–H groups in total. The maximum absolute atomic E-state index is 5.42. The van der Waals surface area contributed by atoms with Crippen LogP contribution in [0.15, 0.2) is 0 Å². The zero-order chi connectivity index (χ0) is 9.24. The first-order valence-electron chi connectivity index (χ1n) is 5.10. The van der Waals surface area contributed by atoms with E-state index in [9.17, 15) is 0 Å². The maximum Gasteiger partial charge on any atom is 0.0471 e. The molecule has 0 aliphatic carbocycles. The second-order valence-corrected chi connectivity index (χ2v) is 5.00. The molecule has 1 aliphatic rings. The molecule has 0 spiro atoms. The van der Waals surface area contributed by atoms with E-state index in [1.54, 1.807) is 0 Å². The molecule has 0 saturated carbocycles. The van der Waals surface area contributed by atoms with Gasteiger partial charge >= 0.3 is 0 Å². The molecular weight excluding hydrogens is 148 g/mol. The third kappa shape index (κ3) is 1.66. The molecule has 0 radical (unpaired) electrons. The molecule has 1 fully saturated rings. The predicted octanol–water partition coefficient (Wildman–Crippen LogP) is 3.24. The molecule has 72 valence electrons. The van der Waals surface area contributed by atoms with Crippen molar-refractivity contribution in [2.45, 2.75) is 47.0 Å². The molecule has 0 aromatic rings. The minimum atomic E-state index is 0.436. The van der Waals surface area contributed by atoms with E-state index in [1.165, 1.54) is 19.3 Å². The van der Waals surface area contributed by atoms with Gasteiger partial charge in [0.1, 0.15) is 0 Å². The summed E-state index contributed by atoms with van der Waals surface area (Å²) in [5, 5.41) is 0. The van der Waals surface area contributed by atoms with E-state index < -0.39 is 0 Å². The highest BCUT2D eigenvalue weighted by Gasteiger charge is 2.41. The van der Waals surface area contributed by atoms with Gasteiger partial charge in [-0.1, -0.05) is 27.7 Å². The van der Waals surface area contributed by atoms with Crippen LogP contribution < -0.4 is 0 Å². The highest BCUT2D eigenvalue weighted by molar-refractivity contribution is 4.90. The fourth-order valence-corrected chi connectivity index (χ4v) is 2.40. The van der Waals surface area contributed by atoms with Crippen molar-refractivity contribution in [3.63, 3.8) is 0 Å². The summed E-state index contributed by atoms with van der Waals surface area (Å²) < 4.78 is 5.42. The Kier molecular flexibility index (Phi) is 2.82. The quantitative estimate of drug-likeness (QED) is 0.587. The Morgan fingerprint density at radius 2 is 1.67 bits per heavy atom. The van der Waals surface area contributed by atoms with Gasteiger partial charge in [0.25, 0.3) is 0 Å². The van der Waals surface area contributed by atoms with Gasteiger partial charge in [0.15, 0.2) is 0 Å². The van der Waals surface area contributed by atoms with Gasteiger partial charge in [0, 0.05) is 13.2 Å². The molecular formula is C11H22O. The summed E-state index contributed by atoms with van der Waals surface area (Å²) in [5.74, 6) is 0. The number of rotatable bonds is 1. The number of hydrogen-bond donors (Lipinski definition) is 0. The third-order valence-corrected chi connectivity index (χ3v) is 3.72. The van der Waals surface area contributed by atoms with Gasteiger partial charge in [-0.15, -0.1) is 0 Å².